The first kappa shape index (κ1) is 20.1. The highest BCUT2D eigenvalue weighted by Gasteiger charge is 2.27. The molecule has 0 bridgehead atoms. The van der Waals surface area contributed by atoms with Gasteiger partial charge >= 0.3 is 6.09 Å². The van der Waals surface area contributed by atoms with Crippen LogP contribution in [0, 0.1) is 0 Å². The Kier molecular flexibility index (Phi) is 5.64. The Hall–Kier alpha value is -2.86. The molecule has 0 unspecified atom stereocenters. The highest BCUT2D eigenvalue weighted by Crippen LogP contribution is 2.27. The Balaban J connectivity index is 1.23. The van der Waals surface area contributed by atoms with Crippen molar-refractivity contribution in [2.24, 2.45) is 0 Å². The van der Waals surface area contributed by atoms with E-state index in [2.05, 4.69) is 27.7 Å². The maximum atomic E-state index is 12.4. The van der Waals surface area contributed by atoms with Crippen LogP contribution in [0.3, 0.4) is 0 Å². The van der Waals surface area contributed by atoms with Crippen molar-refractivity contribution in [1.82, 2.24) is 19.4 Å². The fourth-order valence-electron chi connectivity index (χ4n) is 4.63. The molecule has 6 heteroatoms. The van der Waals surface area contributed by atoms with Crippen molar-refractivity contribution in [2.45, 2.75) is 51.4 Å². The largest absolute Gasteiger partial charge is 0.445 e. The van der Waals surface area contributed by atoms with Gasteiger partial charge in [-0.15, -0.1) is 0 Å². The molecule has 1 fully saturated rings. The average Bonchev–Trinajstić information content (AvgIpc) is 2.97. The Morgan fingerprint density at radius 3 is 2.71 bits per heavy atom. The number of hydrogen-bond donors (Lipinski definition) is 0. The predicted octanol–water partition coefficient (Wildman–Crippen LogP) is 4.22. The van der Waals surface area contributed by atoms with Crippen LogP contribution in [-0.4, -0.2) is 51.6 Å². The minimum atomic E-state index is -0.319. The van der Waals surface area contributed by atoms with Crippen LogP contribution in [0.4, 0.5) is 4.79 Å². The fourth-order valence-corrected chi connectivity index (χ4v) is 4.63. The third-order valence-electron chi connectivity index (χ3n) is 6.65. The van der Waals surface area contributed by atoms with Crippen molar-refractivity contribution in [3.63, 3.8) is 0 Å². The topological polar surface area (TPSA) is 50.6 Å². The second kappa shape index (κ2) is 8.71. The summed E-state index contributed by atoms with van der Waals surface area (Å²) >= 11 is 0. The number of rotatable bonds is 5. The highest BCUT2D eigenvalue weighted by molar-refractivity contribution is 5.77. The Labute approximate surface area is 183 Å². The van der Waals surface area contributed by atoms with E-state index >= 15 is 0 Å². The molecule has 31 heavy (non-hydrogen) atoms. The summed E-state index contributed by atoms with van der Waals surface area (Å²) in [5, 5.41) is 0. The molecule has 1 saturated carbocycles. The number of ether oxygens (including phenoxy) is 1. The maximum Gasteiger partial charge on any atom is 0.410 e. The van der Waals surface area contributed by atoms with Crippen LogP contribution in [-0.2, 0) is 30.9 Å². The fraction of sp³-hybridized carbons (Fsp3) is 0.440. The number of hydrogen-bond acceptors (Lipinski definition) is 4. The summed E-state index contributed by atoms with van der Waals surface area (Å²) in [5.74, 6) is 1.18. The molecule has 1 aliphatic heterocycles. The summed E-state index contributed by atoms with van der Waals surface area (Å²) in [6.07, 6.45) is 4.78. The Morgan fingerprint density at radius 2 is 1.94 bits per heavy atom. The molecule has 0 saturated heterocycles. The number of amides is 1. The third-order valence-corrected chi connectivity index (χ3v) is 6.65. The molecule has 0 atom stereocenters. The zero-order valence-corrected chi connectivity index (χ0v) is 18.2. The predicted molar refractivity (Wildman–Crippen MR) is 121 cm³/mol. The number of carbonyl (C=O) groups excluding carboxylic acids is 1. The van der Waals surface area contributed by atoms with Crippen LogP contribution in [0.25, 0.3) is 11.0 Å². The molecule has 1 aliphatic carbocycles. The first-order valence-electron chi connectivity index (χ1n) is 11.3. The lowest BCUT2D eigenvalue weighted by Gasteiger charge is -2.36. The van der Waals surface area contributed by atoms with Crippen LogP contribution in [0.2, 0.25) is 0 Å². The van der Waals surface area contributed by atoms with Crippen molar-refractivity contribution in [3.05, 3.63) is 65.5 Å². The smallest absolute Gasteiger partial charge is 0.410 e. The molecular weight excluding hydrogens is 388 g/mol. The summed E-state index contributed by atoms with van der Waals surface area (Å²) in [7, 11) is 1.77. The zero-order valence-electron chi connectivity index (χ0n) is 18.2. The van der Waals surface area contributed by atoms with E-state index < -0.39 is 0 Å². The normalized spacial score (nSPS) is 17.1. The van der Waals surface area contributed by atoms with E-state index in [1.54, 1.807) is 11.9 Å². The van der Waals surface area contributed by atoms with Crippen LogP contribution >= 0.6 is 0 Å². The van der Waals surface area contributed by atoms with Crippen LogP contribution in [0.1, 0.15) is 36.2 Å². The van der Waals surface area contributed by atoms with Gasteiger partial charge in [0.05, 0.1) is 11.0 Å². The number of benzene rings is 2. The first-order valence-corrected chi connectivity index (χ1v) is 11.3. The van der Waals surface area contributed by atoms with Crippen molar-refractivity contribution >= 4 is 17.1 Å². The lowest BCUT2D eigenvalue weighted by molar-refractivity contribution is 0.103. The second-order valence-corrected chi connectivity index (χ2v) is 8.77. The SMILES string of the molecule is CN(Cc1ccc2c(c1)nc1n2CCN(C2CCC2)CC1)C(=O)OCc1ccccc1. The quantitative estimate of drug-likeness (QED) is 0.623. The van der Waals surface area contributed by atoms with Gasteiger partial charge in [0.25, 0.3) is 0 Å². The van der Waals surface area contributed by atoms with E-state index in [1.807, 2.05) is 30.3 Å². The van der Waals surface area contributed by atoms with E-state index in [1.165, 1.54) is 30.6 Å². The van der Waals surface area contributed by atoms with Gasteiger partial charge in [-0.3, -0.25) is 4.90 Å². The molecule has 5 rings (SSSR count). The maximum absolute atomic E-state index is 12.4. The number of nitrogens with zero attached hydrogens (tertiary/aromatic N) is 4. The van der Waals surface area contributed by atoms with Crippen LogP contribution < -0.4 is 0 Å². The van der Waals surface area contributed by atoms with Crippen LogP contribution in [0.15, 0.2) is 48.5 Å². The lowest BCUT2D eigenvalue weighted by atomic mass is 9.91. The molecule has 162 valence electrons. The van der Waals surface area contributed by atoms with Gasteiger partial charge in [0.2, 0.25) is 0 Å². The number of aromatic nitrogens is 2. The average molecular weight is 419 g/mol. The van der Waals surface area contributed by atoms with E-state index in [4.69, 9.17) is 9.72 Å². The summed E-state index contributed by atoms with van der Waals surface area (Å²) in [6, 6.07) is 16.9. The third kappa shape index (κ3) is 4.30. The zero-order chi connectivity index (χ0) is 21.2. The monoisotopic (exact) mass is 418 g/mol. The summed E-state index contributed by atoms with van der Waals surface area (Å²) < 4.78 is 7.82. The molecule has 2 aliphatic rings. The molecule has 0 spiro atoms. The van der Waals surface area contributed by atoms with Crippen molar-refractivity contribution < 1.29 is 9.53 Å². The van der Waals surface area contributed by atoms with Gasteiger partial charge in [0.15, 0.2) is 0 Å². The van der Waals surface area contributed by atoms with E-state index in [-0.39, 0.29) is 12.7 Å². The molecule has 3 aromatic rings. The van der Waals surface area contributed by atoms with Gasteiger partial charge in [-0.25, -0.2) is 9.78 Å². The molecular formula is C25H30N4O2. The summed E-state index contributed by atoms with van der Waals surface area (Å²) in [4.78, 5) is 21.6. The van der Waals surface area contributed by atoms with Crippen molar-refractivity contribution in [2.75, 3.05) is 20.1 Å². The molecule has 0 radical (unpaired) electrons. The minimum Gasteiger partial charge on any atom is -0.445 e. The van der Waals surface area contributed by atoms with Gasteiger partial charge < -0.3 is 14.2 Å². The Morgan fingerprint density at radius 1 is 1.10 bits per heavy atom. The molecule has 2 aromatic carbocycles. The van der Waals surface area contributed by atoms with Crippen molar-refractivity contribution in [1.29, 1.82) is 0 Å². The molecule has 6 nitrogen and oxygen atoms in total. The first-order chi connectivity index (χ1) is 15.2. The number of imidazole rings is 1. The molecule has 2 heterocycles. The van der Waals surface area contributed by atoms with E-state index in [0.717, 1.165) is 48.7 Å². The van der Waals surface area contributed by atoms with E-state index in [0.29, 0.717) is 6.54 Å². The van der Waals surface area contributed by atoms with Crippen molar-refractivity contribution in [3.8, 4) is 0 Å². The number of carbonyl (C=O) groups is 1. The second-order valence-electron chi connectivity index (χ2n) is 8.77. The summed E-state index contributed by atoms with van der Waals surface area (Å²) in [6.45, 7) is 4.01. The lowest BCUT2D eigenvalue weighted by Crippen LogP contribution is -2.41. The molecule has 1 amide bonds. The highest BCUT2D eigenvalue weighted by atomic mass is 16.6. The van der Waals surface area contributed by atoms with Gasteiger partial charge in [0.1, 0.15) is 12.4 Å². The minimum absolute atomic E-state index is 0.286. The standard InChI is InChI=1S/C25H30N4O2/c1-27(25(30)31-18-19-6-3-2-4-7-19)17-20-10-11-23-22(16-20)26-24-12-13-28(14-15-29(23)24)21-8-5-9-21/h2-4,6-7,10-11,16,21H,5,8-9,12-15,17-18H2,1H3. The van der Waals surface area contributed by atoms with Gasteiger partial charge in [-0.05, 0) is 36.1 Å². The van der Waals surface area contributed by atoms with Crippen LogP contribution in [0.5, 0.6) is 0 Å². The van der Waals surface area contributed by atoms with Gasteiger partial charge in [0, 0.05) is 45.7 Å². The molecule has 0 N–H and O–H groups in total. The van der Waals surface area contributed by atoms with Gasteiger partial charge in [-0.1, -0.05) is 42.8 Å². The van der Waals surface area contributed by atoms with E-state index in [9.17, 15) is 4.79 Å². The summed E-state index contributed by atoms with van der Waals surface area (Å²) in [5.41, 5.74) is 4.27. The molecule has 1 aromatic heterocycles. The van der Waals surface area contributed by atoms with Gasteiger partial charge in [-0.2, -0.15) is 0 Å². The Bertz CT molecular complexity index is 1060. The number of fused-ring (bicyclic) bond motifs is 3.